The maximum absolute atomic E-state index is 4.44. The second kappa shape index (κ2) is 9.76. The van der Waals surface area contributed by atoms with Gasteiger partial charge in [-0.3, -0.25) is 4.99 Å². The van der Waals surface area contributed by atoms with Gasteiger partial charge >= 0.3 is 0 Å². The molecule has 140 valence electrons. The van der Waals surface area contributed by atoms with E-state index in [4.69, 9.17) is 0 Å². The zero-order chi connectivity index (χ0) is 16.9. The third kappa shape index (κ3) is 6.13. The van der Waals surface area contributed by atoms with E-state index in [1.165, 1.54) is 44.5 Å². The van der Waals surface area contributed by atoms with Gasteiger partial charge in [-0.2, -0.15) is 0 Å². The highest BCUT2D eigenvalue weighted by Gasteiger charge is 2.39. The largest absolute Gasteiger partial charge is 0.354 e. The second-order valence-electron chi connectivity index (χ2n) is 7.69. The van der Waals surface area contributed by atoms with Crippen molar-refractivity contribution in [3.05, 3.63) is 35.9 Å². The fourth-order valence-electron chi connectivity index (χ4n) is 3.74. The molecule has 2 aliphatic rings. The van der Waals surface area contributed by atoms with E-state index in [1.54, 1.807) is 0 Å². The monoisotopic (exact) mass is 456 g/mol. The van der Waals surface area contributed by atoms with Crippen molar-refractivity contribution in [2.24, 2.45) is 10.9 Å². The molecule has 0 amide bonds. The van der Waals surface area contributed by atoms with Crippen LogP contribution in [0.4, 0.5) is 0 Å². The van der Waals surface area contributed by atoms with Crippen LogP contribution in [0.1, 0.15) is 44.6 Å². The lowest BCUT2D eigenvalue weighted by molar-refractivity contribution is 0.187. The molecule has 0 spiro atoms. The summed E-state index contributed by atoms with van der Waals surface area (Å²) in [5, 5.41) is 7.24. The van der Waals surface area contributed by atoms with Crippen molar-refractivity contribution in [2.45, 2.75) is 51.1 Å². The number of piperidine rings is 1. The second-order valence-corrected chi connectivity index (χ2v) is 7.69. The third-order valence-electron chi connectivity index (χ3n) is 5.12. The van der Waals surface area contributed by atoms with E-state index in [2.05, 4.69) is 64.7 Å². The molecule has 1 aliphatic carbocycles. The molecule has 5 heteroatoms. The van der Waals surface area contributed by atoms with Crippen molar-refractivity contribution >= 4 is 29.9 Å². The SMILES string of the molecule is CN=C(NC1CCN(CC(C)C)CC1)NC1CC1c1ccccc1.I. The molecule has 1 aliphatic heterocycles. The van der Waals surface area contributed by atoms with Gasteiger partial charge in [0.15, 0.2) is 5.96 Å². The zero-order valence-electron chi connectivity index (χ0n) is 15.7. The van der Waals surface area contributed by atoms with Gasteiger partial charge in [-0.05, 0) is 30.7 Å². The molecule has 25 heavy (non-hydrogen) atoms. The van der Waals surface area contributed by atoms with E-state index < -0.39 is 0 Å². The summed E-state index contributed by atoms with van der Waals surface area (Å²) in [5.74, 6) is 2.37. The quantitative estimate of drug-likeness (QED) is 0.405. The molecule has 2 atom stereocenters. The molecule has 2 fully saturated rings. The molecule has 2 unspecified atom stereocenters. The summed E-state index contributed by atoms with van der Waals surface area (Å²) in [4.78, 5) is 7.03. The lowest BCUT2D eigenvalue weighted by Gasteiger charge is -2.34. The van der Waals surface area contributed by atoms with Gasteiger partial charge in [-0.25, -0.2) is 0 Å². The average Bonchev–Trinajstić information content (AvgIpc) is 3.35. The van der Waals surface area contributed by atoms with E-state index in [0.29, 0.717) is 18.0 Å². The predicted molar refractivity (Wildman–Crippen MR) is 117 cm³/mol. The van der Waals surface area contributed by atoms with Crippen molar-refractivity contribution in [2.75, 3.05) is 26.7 Å². The minimum atomic E-state index is 0. The highest BCUT2D eigenvalue weighted by Crippen LogP contribution is 2.40. The van der Waals surface area contributed by atoms with E-state index in [-0.39, 0.29) is 24.0 Å². The Bertz CT molecular complexity index is 538. The van der Waals surface area contributed by atoms with Gasteiger partial charge in [-0.15, -0.1) is 24.0 Å². The zero-order valence-corrected chi connectivity index (χ0v) is 18.1. The molecule has 0 radical (unpaired) electrons. The first kappa shape index (κ1) is 20.5. The standard InChI is InChI=1S/C20H32N4.HI/c1-15(2)14-24-11-9-17(10-12-24)22-20(21-3)23-19-13-18(19)16-7-5-4-6-8-16;/h4-8,15,17-19H,9-14H2,1-3H3,(H2,21,22,23);1H. The summed E-state index contributed by atoms with van der Waals surface area (Å²) in [6.07, 6.45) is 3.62. The lowest BCUT2D eigenvalue weighted by Crippen LogP contribution is -2.49. The summed E-state index contributed by atoms with van der Waals surface area (Å²) in [5.41, 5.74) is 1.44. The molecule has 1 saturated heterocycles. The topological polar surface area (TPSA) is 39.7 Å². The first-order valence-corrected chi connectivity index (χ1v) is 9.43. The Kier molecular flexibility index (Phi) is 8.00. The summed E-state index contributed by atoms with van der Waals surface area (Å²) in [6, 6.07) is 11.9. The lowest BCUT2D eigenvalue weighted by atomic mass is 10.0. The average molecular weight is 456 g/mol. The molecule has 1 aromatic rings. The number of hydrogen-bond donors (Lipinski definition) is 2. The molecular weight excluding hydrogens is 423 g/mol. The van der Waals surface area contributed by atoms with Crippen LogP contribution < -0.4 is 10.6 Å². The van der Waals surface area contributed by atoms with E-state index in [1.807, 2.05) is 7.05 Å². The van der Waals surface area contributed by atoms with E-state index in [0.717, 1.165) is 11.9 Å². The Balaban J connectivity index is 0.00000225. The highest BCUT2D eigenvalue weighted by molar-refractivity contribution is 14.0. The van der Waals surface area contributed by atoms with Crippen LogP contribution in [0.2, 0.25) is 0 Å². The maximum Gasteiger partial charge on any atom is 0.191 e. The van der Waals surface area contributed by atoms with Crippen molar-refractivity contribution in [3.63, 3.8) is 0 Å². The molecule has 0 aromatic heterocycles. The van der Waals surface area contributed by atoms with Crippen LogP contribution in [0.5, 0.6) is 0 Å². The maximum atomic E-state index is 4.44. The van der Waals surface area contributed by atoms with Gasteiger partial charge in [0, 0.05) is 44.7 Å². The van der Waals surface area contributed by atoms with E-state index in [9.17, 15) is 0 Å². The van der Waals surface area contributed by atoms with Gasteiger partial charge in [0.1, 0.15) is 0 Å². The highest BCUT2D eigenvalue weighted by atomic mass is 127. The van der Waals surface area contributed by atoms with Crippen molar-refractivity contribution in [1.82, 2.24) is 15.5 Å². The van der Waals surface area contributed by atoms with Crippen LogP contribution in [-0.2, 0) is 0 Å². The van der Waals surface area contributed by atoms with Crippen LogP contribution in [-0.4, -0.2) is 49.6 Å². The first-order valence-electron chi connectivity index (χ1n) is 9.43. The number of aliphatic imine (C=N–C) groups is 1. The Labute approximate surface area is 169 Å². The fourth-order valence-corrected chi connectivity index (χ4v) is 3.74. The Morgan fingerprint density at radius 1 is 1.16 bits per heavy atom. The Morgan fingerprint density at radius 2 is 1.84 bits per heavy atom. The van der Waals surface area contributed by atoms with Crippen LogP contribution in [0, 0.1) is 5.92 Å². The Hall–Kier alpha value is -0.820. The number of likely N-dealkylation sites (tertiary alicyclic amines) is 1. The van der Waals surface area contributed by atoms with Gasteiger partial charge in [0.2, 0.25) is 0 Å². The first-order chi connectivity index (χ1) is 11.7. The van der Waals surface area contributed by atoms with Crippen molar-refractivity contribution in [1.29, 1.82) is 0 Å². The minimum absolute atomic E-state index is 0. The normalized spacial score (nSPS) is 24.7. The summed E-state index contributed by atoms with van der Waals surface area (Å²) >= 11 is 0. The summed E-state index contributed by atoms with van der Waals surface area (Å²) in [6.45, 7) is 8.22. The number of rotatable bonds is 5. The molecule has 1 heterocycles. The van der Waals surface area contributed by atoms with Crippen LogP contribution >= 0.6 is 24.0 Å². The summed E-state index contributed by atoms with van der Waals surface area (Å²) in [7, 11) is 1.88. The van der Waals surface area contributed by atoms with Crippen molar-refractivity contribution < 1.29 is 0 Å². The van der Waals surface area contributed by atoms with Gasteiger partial charge < -0.3 is 15.5 Å². The van der Waals surface area contributed by atoms with E-state index >= 15 is 0 Å². The number of benzene rings is 1. The van der Waals surface area contributed by atoms with Gasteiger partial charge in [0.25, 0.3) is 0 Å². The molecule has 1 aromatic carbocycles. The number of hydrogen-bond acceptors (Lipinski definition) is 2. The van der Waals surface area contributed by atoms with Crippen LogP contribution in [0.3, 0.4) is 0 Å². The van der Waals surface area contributed by atoms with Gasteiger partial charge in [-0.1, -0.05) is 44.2 Å². The van der Waals surface area contributed by atoms with Crippen LogP contribution in [0.15, 0.2) is 35.3 Å². The molecule has 2 N–H and O–H groups in total. The Morgan fingerprint density at radius 3 is 2.44 bits per heavy atom. The fraction of sp³-hybridized carbons (Fsp3) is 0.650. The van der Waals surface area contributed by atoms with Gasteiger partial charge in [0.05, 0.1) is 0 Å². The number of halogens is 1. The number of nitrogens with one attached hydrogen (secondary N) is 2. The van der Waals surface area contributed by atoms with Crippen LogP contribution in [0.25, 0.3) is 0 Å². The number of guanidine groups is 1. The molecule has 1 saturated carbocycles. The van der Waals surface area contributed by atoms with Crippen molar-refractivity contribution in [3.8, 4) is 0 Å². The smallest absolute Gasteiger partial charge is 0.191 e. The molecular formula is C20H33IN4. The molecule has 4 nitrogen and oxygen atoms in total. The molecule has 0 bridgehead atoms. The molecule has 3 rings (SSSR count). The minimum Gasteiger partial charge on any atom is -0.354 e. The third-order valence-corrected chi connectivity index (χ3v) is 5.12. The predicted octanol–water partition coefficient (Wildman–Crippen LogP) is 3.45. The number of nitrogens with zero attached hydrogens (tertiary/aromatic N) is 2. The summed E-state index contributed by atoms with van der Waals surface area (Å²) < 4.78 is 0.